The van der Waals surface area contributed by atoms with E-state index in [1.807, 2.05) is 6.92 Å². The normalized spacial score (nSPS) is 40.3. The van der Waals surface area contributed by atoms with E-state index in [2.05, 4.69) is 26.1 Å². The summed E-state index contributed by atoms with van der Waals surface area (Å²) in [6.07, 6.45) is 3.92. The molecule has 3 nitrogen and oxygen atoms in total. The van der Waals surface area contributed by atoms with Gasteiger partial charge in [-0.2, -0.15) is 0 Å². The van der Waals surface area contributed by atoms with Gasteiger partial charge in [0, 0.05) is 6.04 Å². The summed E-state index contributed by atoms with van der Waals surface area (Å²) in [5.74, 6) is 0.641. The molecular formula is C14H25NO2. The van der Waals surface area contributed by atoms with Gasteiger partial charge in [0.25, 0.3) is 0 Å². The topological polar surface area (TPSA) is 38.3 Å². The van der Waals surface area contributed by atoms with Crippen molar-refractivity contribution in [1.29, 1.82) is 0 Å². The SMILES string of the molecule is COC(=O)C(C)NC1C2(C)CCC(C2)C1(C)C. The number of hydrogen-bond acceptors (Lipinski definition) is 3. The fourth-order valence-electron chi connectivity index (χ4n) is 4.21. The predicted molar refractivity (Wildman–Crippen MR) is 67.6 cm³/mol. The van der Waals surface area contributed by atoms with Gasteiger partial charge in [-0.15, -0.1) is 0 Å². The van der Waals surface area contributed by atoms with Crippen molar-refractivity contribution in [2.45, 2.75) is 59.0 Å². The summed E-state index contributed by atoms with van der Waals surface area (Å²) in [6, 6.07) is 0.211. The second kappa shape index (κ2) is 3.98. The van der Waals surface area contributed by atoms with Crippen molar-refractivity contribution < 1.29 is 9.53 Å². The van der Waals surface area contributed by atoms with Gasteiger partial charge in [-0.05, 0) is 42.9 Å². The maximum absolute atomic E-state index is 11.5. The van der Waals surface area contributed by atoms with Gasteiger partial charge in [0.05, 0.1) is 7.11 Å². The summed E-state index contributed by atoms with van der Waals surface area (Å²) >= 11 is 0. The smallest absolute Gasteiger partial charge is 0.322 e. The second-order valence-corrected chi connectivity index (χ2v) is 6.76. The molecule has 4 atom stereocenters. The van der Waals surface area contributed by atoms with E-state index in [0.29, 0.717) is 11.5 Å². The van der Waals surface area contributed by atoms with Crippen LogP contribution in [-0.4, -0.2) is 25.2 Å². The Morgan fingerprint density at radius 2 is 2.06 bits per heavy atom. The molecule has 2 bridgehead atoms. The Morgan fingerprint density at radius 1 is 1.41 bits per heavy atom. The highest BCUT2D eigenvalue weighted by Crippen LogP contribution is 2.62. The molecule has 2 fully saturated rings. The first-order chi connectivity index (χ1) is 7.81. The molecule has 17 heavy (non-hydrogen) atoms. The van der Waals surface area contributed by atoms with Gasteiger partial charge >= 0.3 is 5.97 Å². The molecule has 0 aliphatic heterocycles. The highest BCUT2D eigenvalue weighted by molar-refractivity contribution is 5.75. The van der Waals surface area contributed by atoms with Crippen LogP contribution < -0.4 is 5.32 Å². The lowest BCUT2D eigenvalue weighted by atomic mass is 9.68. The number of esters is 1. The van der Waals surface area contributed by atoms with Crippen LogP contribution in [0.25, 0.3) is 0 Å². The fourth-order valence-corrected chi connectivity index (χ4v) is 4.21. The van der Waals surface area contributed by atoms with Gasteiger partial charge < -0.3 is 10.1 Å². The van der Waals surface area contributed by atoms with Crippen molar-refractivity contribution in [3.05, 3.63) is 0 Å². The highest BCUT2D eigenvalue weighted by atomic mass is 16.5. The molecule has 0 radical (unpaired) electrons. The third-order valence-corrected chi connectivity index (χ3v) is 5.24. The molecule has 0 spiro atoms. The van der Waals surface area contributed by atoms with Gasteiger partial charge in [0.15, 0.2) is 0 Å². The third-order valence-electron chi connectivity index (χ3n) is 5.24. The fraction of sp³-hybridized carbons (Fsp3) is 0.929. The van der Waals surface area contributed by atoms with E-state index in [0.717, 1.165) is 5.92 Å². The Kier molecular flexibility index (Phi) is 3.01. The van der Waals surface area contributed by atoms with E-state index in [4.69, 9.17) is 4.74 Å². The molecule has 2 aliphatic rings. The van der Waals surface area contributed by atoms with Crippen LogP contribution in [0.15, 0.2) is 0 Å². The van der Waals surface area contributed by atoms with E-state index in [9.17, 15) is 4.79 Å². The van der Waals surface area contributed by atoms with Crippen molar-refractivity contribution in [3.63, 3.8) is 0 Å². The first-order valence-corrected chi connectivity index (χ1v) is 6.65. The molecule has 2 rings (SSSR count). The summed E-state index contributed by atoms with van der Waals surface area (Å²) < 4.78 is 4.80. The molecule has 0 aromatic rings. The number of rotatable bonds is 3. The van der Waals surface area contributed by atoms with E-state index in [-0.39, 0.29) is 17.4 Å². The molecule has 2 aliphatic carbocycles. The number of nitrogens with one attached hydrogen (secondary N) is 1. The van der Waals surface area contributed by atoms with Crippen LogP contribution in [0.1, 0.15) is 47.0 Å². The zero-order valence-corrected chi connectivity index (χ0v) is 11.7. The van der Waals surface area contributed by atoms with Crippen molar-refractivity contribution >= 4 is 5.97 Å². The summed E-state index contributed by atoms with van der Waals surface area (Å²) in [7, 11) is 1.45. The standard InChI is InChI=1S/C14H25NO2/c1-9(11(16)17-5)15-12-13(2,3)10-6-7-14(12,4)8-10/h9-10,12,15H,6-8H2,1-5H3. The number of ether oxygens (including phenoxy) is 1. The second-order valence-electron chi connectivity index (χ2n) is 6.76. The lowest BCUT2D eigenvalue weighted by Gasteiger charge is -2.44. The number of carbonyl (C=O) groups excluding carboxylic acids is 1. The Balaban J connectivity index is 2.12. The number of methoxy groups -OCH3 is 1. The zero-order valence-electron chi connectivity index (χ0n) is 11.7. The van der Waals surface area contributed by atoms with E-state index in [1.165, 1.54) is 26.4 Å². The lowest BCUT2D eigenvalue weighted by molar-refractivity contribution is -0.143. The molecule has 3 heteroatoms. The Hall–Kier alpha value is -0.570. The average molecular weight is 239 g/mol. The van der Waals surface area contributed by atoms with Crippen molar-refractivity contribution in [1.82, 2.24) is 5.32 Å². The molecule has 2 saturated carbocycles. The van der Waals surface area contributed by atoms with Crippen LogP contribution in [-0.2, 0) is 9.53 Å². The molecule has 0 heterocycles. The van der Waals surface area contributed by atoms with E-state index in [1.54, 1.807) is 0 Å². The van der Waals surface area contributed by atoms with Crippen molar-refractivity contribution in [2.75, 3.05) is 7.11 Å². The molecule has 0 amide bonds. The summed E-state index contributed by atoms with van der Waals surface area (Å²) in [4.78, 5) is 11.5. The Bertz CT molecular complexity index is 321. The predicted octanol–water partition coefficient (Wildman–Crippen LogP) is 2.35. The monoisotopic (exact) mass is 239 g/mol. The van der Waals surface area contributed by atoms with Gasteiger partial charge in [-0.3, -0.25) is 4.79 Å². The van der Waals surface area contributed by atoms with Gasteiger partial charge in [0.2, 0.25) is 0 Å². The number of carbonyl (C=O) groups is 1. The van der Waals surface area contributed by atoms with Crippen LogP contribution in [0.5, 0.6) is 0 Å². The zero-order chi connectivity index (χ0) is 12.8. The average Bonchev–Trinajstić information content (AvgIpc) is 2.74. The minimum absolute atomic E-state index is 0.160. The molecule has 0 aromatic heterocycles. The maximum Gasteiger partial charge on any atom is 0.322 e. The largest absolute Gasteiger partial charge is 0.468 e. The van der Waals surface area contributed by atoms with Crippen molar-refractivity contribution in [3.8, 4) is 0 Å². The molecular weight excluding hydrogens is 214 g/mol. The number of hydrogen-bond donors (Lipinski definition) is 1. The van der Waals surface area contributed by atoms with Crippen LogP contribution in [0, 0.1) is 16.7 Å². The quantitative estimate of drug-likeness (QED) is 0.768. The Morgan fingerprint density at radius 3 is 2.53 bits per heavy atom. The van der Waals surface area contributed by atoms with Crippen LogP contribution in [0.2, 0.25) is 0 Å². The van der Waals surface area contributed by atoms with E-state index >= 15 is 0 Å². The molecule has 1 N–H and O–H groups in total. The number of fused-ring (bicyclic) bond motifs is 2. The van der Waals surface area contributed by atoms with E-state index < -0.39 is 0 Å². The molecule has 98 valence electrons. The maximum atomic E-state index is 11.5. The summed E-state index contributed by atoms with van der Waals surface area (Å²) in [5, 5.41) is 3.52. The summed E-state index contributed by atoms with van der Waals surface area (Å²) in [5.41, 5.74) is 0.645. The van der Waals surface area contributed by atoms with Crippen LogP contribution in [0.4, 0.5) is 0 Å². The van der Waals surface area contributed by atoms with Crippen LogP contribution >= 0.6 is 0 Å². The first-order valence-electron chi connectivity index (χ1n) is 6.65. The first kappa shape index (κ1) is 12.9. The summed E-state index contributed by atoms with van der Waals surface area (Å²) in [6.45, 7) is 8.94. The highest BCUT2D eigenvalue weighted by Gasteiger charge is 2.59. The lowest BCUT2D eigenvalue weighted by Crippen LogP contribution is -2.55. The van der Waals surface area contributed by atoms with Crippen molar-refractivity contribution in [2.24, 2.45) is 16.7 Å². The molecule has 4 unspecified atom stereocenters. The minimum Gasteiger partial charge on any atom is -0.468 e. The Labute approximate surface area is 104 Å². The van der Waals surface area contributed by atoms with Gasteiger partial charge in [-0.25, -0.2) is 0 Å². The molecule has 0 aromatic carbocycles. The van der Waals surface area contributed by atoms with Crippen LogP contribution in [0.3, 0.4) is 0 Å². The minimum atomic E-state index is -0.208. The van der Waals surface area contributed by atoms with Gasteiger partial charge in [-0.1, -0.05) is 20.8 Å². The third kappa shape index (κ3) is 1.88. The van der Waals surface area contributed by atoms with Gasteiger partial charge in [0.1, 0.15) is 6.04 Å². The molecule has 0 saturated heterocycles.